The maximum Gasteiger partial charge on any atom is 0.135 e. The van der Waals surface area contributed by atoms with Crippen LogP contribution in [0.25, 0.3) is 82.5 Å². The van der Waals surface area contributed by atoms with E-state index >= 15 is 0 Å². The van der Waals surface area contributed by atoms with Crippen molar-refractivity contribution < 1.29 is 4.42 Å². The topological polar surface area (TPSA) is 21.3 Å². The smallest absolute Gasteiger partial charge is 0.135 e. The first kappa shape index (κ1) is 37.4. The van der Waals surface area contributed by atoms with Crippen molar-refractivity contribution in [3.63, 3.8) is 0 Å². The van der Waals surface area contributed by atoms with Crippen molar-refractivity contribution in [1.29, 1.82) is 0 Å². The van der Waals surface area contributed by atoms with E-state index in [0.717, 1.165) is 50.6 Å². The van der Waals surface area contributed by atoms with Crippen LogP contribution in [0.2, 0.25) is 0 Å². The normalized spacial score (nSPS) is 16.5. The molecule has 11 aromatic rings. The van der Waals surface area contributed by atoms with Crippen LogP contribution in [0.1, 0.15) is 45.1 Å². The number of hydrogen-bond donors (Lipinski definition) is 0. The maximum absolute atomic E-state index is 6.37. The lowest BCUT2D eigenvalue weighted by atomic mass is 9.76. The molecule has 0 aliphatic heterocycles. The van der Waals surface area contributed by atoms with E-state index in [4.69, 9.17) is 4.42 Å². The molecule has 3 heteroatoms. The molecule has 0 spiro atoms. The first-order valence-corrected chi connectivity index (χ1v) is 22.6. The minimum absolute atomic E-state index is 0.234. The minimum Gasteiger partial charge on any atom is -0.456 e. The fourth-order valence-corrected chi connectivity index (χ4v) is 11.1. The van der Waals surface area contributed by atoms with Crippen LogP contribution in [-0.2, 0) is 5.41 Å². The lowest BCUT2D eigenvalue weighted by molar-refractivity contribution is 0.408. The molecule has 1 saturated carbocycles. The summed E-state index contributed by atoms with van der Waals surface area (Å²) in [5.74, 6) is 0.754. The molecule has 1 aliphatic carbocycles. The highest BCUT2D eigenvalue weighted by atomic mass is 16.3. The number of rotatable bonds is 8. The second-order valence-corrected chi connectivity index (χ2v) is 17.8. The molecular weight excluding hydrogens is 765 g/mol. The standard InChI is InChI=1S/C60H48N2O/c1-3-60(34-33-40(2)39-60)44-27-31-55-53(36-44)51-30-28-48(38-56(51)62(55)45-20-8-5-9-21-45)61(47-29-32-58-54(37-47)52-23-10-11-26-57(52)63-58)46-22-12-19-43(35-46)50-25-14-18-42-17-13-24-49(59(42)50)41-15-6-4-7-16-41/h4-32,35-38,40H,3,33-34,39H2,1-2H3. The summed E-state index contributed by atoms with van der Waals surface area (Å²) >= 11 is 0. The Bertz CT molecular complexity index is 3500. The molecule has 0 N–H and O–H groups in total. The van der Waals surface area contributed by atoms with E-state index < -0.39 is 0 Å². The molecule has 12 rings (SSSR count). The third kappa shape index (κ3) is 6.17. The summed E-state index contributed by atoms with van der Waals surface area (Å²) in [6.07, 6.45) is 4.98. The lowest BCUT2D eigenvalue weighted by Crippen LogP contribution is -2.21. The van der Waals surface area contributed by atoms with Crippen LogP contribution in [0.5, 0.6) is 0 Å². The summed E-state index contributed by atoms with van der Waals surface area (Å²) < 4.78 is 8.83. The van der Waals surface area contributed by atoms with Crippen molar-refractivity contribution in [1.82, 2.24) is 4.57 Å². The Kier molecular flexibility index (Phi) is 8.86. The fraction of sp³-hybridized carbons (Fsp3) is 0.133. The van der Waals surface area contributed by atoms with Gasteiger partial charge in [0.05, 0.1) is 11.0 Å². The van der Waals surface area contributed by atoms with Gasteiger partial charge in [-0.2, -0.15) is 0 Å². The highest BCUT2D eigenvalue weighted by Gasteiger charge is 2.37. The van der Waals surface area contributed by atoms with Crippen molar-refractivity contribution in [3.05, 3.63) is 206 Å². The van der Waals surface area contributed by atoms with Gasteiger partial charge in [-0.1, -0.05) is 141 Å². The molecule has 2 atom stereocenters. The second kappa shape index (κ2) is 14.9. The van der Waals surface area contributed by atoms with Gasteiger partial charge >= 0.3 is 0 Å². The molecule has 304 valence electrons. The fourth-order valence-electron chi connectivity index (χ4n) is 11.1. The number of hydrogen-bond acceptors (Lipinski definition) is 2. The zero-order valence-corrected chi connectivity index (χ0v) is 35.8. The SMILES string of the molecule is CCC1(c2ccc3c(c2)c2ccc(N(c4cccc(-c5cccc6cccc(-c7ccccc7)c56)c4)c4ccc5oc6ccccc6c5c4)cc2n3-c2ccccc2)CCC(C)C1. The van der Waals surface area contributed by atoms with Crippen LogP contribution in [0.3, 0.4) is 0 Å². The molecule has 0 amide bonds. The van der Waals surface area contributed by atoms with Gasteiger partial charge in [-0.15, -0.1) is 0 Å². The Balaban J connectivity index is 1.09. The van der Waals surface area contributed by atoms with E-state index in [1.807, 2.05) is 6.07 Å². The largest absolute Gasteiger partial charge is 0.456 e. The number of nitrogens with zero attached hydrogens (tertiary/aromatic N) is 2. The molecule has 63 heavy (non-hydrogen) atoms. The molecular formula is C60H48N2O. The Labute approximate surface area is 368 Å². The van der Waals surface area contributed by atoms with E-state index in [-0.39, 0.29) is 5.41 Å². The molecule has 3 nitrogen and oxygen atoms in total. The molecule has 0 saturated heterocycles. The third-order valence-electron chi connectivity index (χ3n) is 14.2. The van der Waals surface area contributed by atoms with Gasteiger partial charge in [0.15, 0.2) is 0 Å². The number of furan rings is 1. The summed E-state index contributed by atoms with van der Waals surface area (Å²) in [5, 5.41) is 7.28. The Hall–Kier alpha value is -7.36. The quantitative estimate of drug-likeness (QED) is 0.152. The lowest BCUT2D eigenvalue weighted by Gasteiger charge is -2.29. The number of aromatic nitrogens is 1. The molecule has 1 fully saturated rings. The van der Waals surface area contributed by atoms with Gasteiger partial charge in [0.1, 0.15) is 11.2 Å². The third-order valence-corrected chi connectivity index (χ3v) is 14.2. The number of para-hydroxylation sites is 2. The molecule has 2 unspecified atom stereocenters. The van der Waals surface area contributed by atoms with Crippen LogP contribution in [0.4, 0.5) is 17.1 Å². The second-order valence-electron chi connectivity index (χ2n) is 17.8. The highest BCUT2D eigenvalue weighted by molar-refractivity contribution is 6.12. The van der Waals surface area contributed by atoms with Gasteiger partial charge in [0.2, 0.25) is 0 Å². The Morgan fingerprint density at radius 1 is 0.540 bits per heavy atom. The van der Waals surface area contributed by atoms with Crippen molar-refractivity contribution in [2.45, 2.75) is 44.9 Å². The molecule has 0 bridgehead atoms. The molecule has 2 heterocycles. The first-order chi connectivity index (χ1) is 31.0. The van der Waals surface area contributed by atoms with Crippen molar-refractivity contribution in [2.75, 3.05) is 4.90 Å². The van der Waals surface area contributed by atoms with Crippen LogP contribution in [-0.4, -0.2) is 4.57 Å². The van der Waals surface area contributed by atoms with Gasteiger partial charge in [0, 0.05) is 44.3 Å². The van der Waals surface area contributed by atoms with Crippen molar-refractivity contribution in [2.24, 2.45) is 5.92 Å². The molecule has 2 aromatic heterocycles. The van der Waals surface area contributed by atoms with Crippen LogP contribution < -0.4 is 4.90 Å². The minimum atomic E-state index is 0.234. The summed E-state index contributed by atoms with van der Waals surface area (Å²) in [6.45, 7) is 4.81. The monoisotopic (exact) mass is 812 g/mol. The van der Waals surface area contributed by atoms with E-state index in [1.54, 1.807) is 0 Å². The van der Waals surface area contributed by atoms with Gasteiger partial charge in [0.25, 0.3) is 0 Å². The average molecular weight is 813 g/mol. The summed E-state index contributed by atoms with van der Waals surface area (Å²) in [6, 6.07) is 73.5. The predicted octanol–water partition coefficient (Wildman–Crippen LogP) is 17.1. The van der Waals surface area contributed by atoms with E-state index in [1.165, 1.54) is 86.1 Å². The molecule has 9 aromatic carbocycles. The Morgan fingerprint density at radius 2 is 1.22 bits per heavy atom. The van der Waals surface area contributed by atoms with Crippen LogP contribution in [0.15, 0.2) is 205 Å². The van der Waals surface area contributed by atoms with Gasteiger partial charge in [-0.25, -0.2) is 0 Å². The van der Waals surface area contributed by atoms with E-state index in [9.17, 15) is 0 Å². The first-order valence-electron chi connectivity index (χ1n) is 22.6. The number of anilines is 3. The summed E-state index contributed by atoms with van der Waals surface area (Å²) in [4.78, 5) is 2.43. The van der Waals surface area contributed by atoms with Gasteiger partial charge in [-0.3, -0.25) is 0 Å². The number of fused-ring (bicyclic) bond motifs is 7. The van der Waals surface area contributed by atoms with Crippen molar-refractivity contribution >= 4 is 71.6 Å². The number of benzene rings is 9. The zero-order valence-electron chi connectivity index (χ0n) is 35.8. The van der Waals surface area contributed by atoms with E-state index in [0.29, 0.717) is 0 Å². The summed E-state index contributed by atoms with van der Waals surface area (Å²) in [7, 11) is 0. The van der Waals surface area contributed by atoms with Crippen LogP contribution in [0, 0.1) is 5.92 Å². The van der Waals surface area contributed by atoms with Gasteiger partial charge in [-0.05, 0) is 148 Å². The van der Waals surface area contributed by atoms with Crippen molar-refractivity contribution in [3.8, 4) is 27.9 Å². The highest BCUT2D eigenvalue weighted by Crippen LogP contribution is 2.49. The maximum atomic E-state index is 6.37. The van der Waals surface area contributed by atoms with E-state index in [2.05, 4.69) is 217 Å². The van der Waals surface area contributed by atoms with Gasteiger partial charge < -0.3 is 13.9 Å². The zero-order chi connectivity index (χ0) is 42.1. The Morgan fingerprint density at radius 3 is 2.02 bits per heavy atom. The molecule has 0 radical (unpaired) electrons. The predicted molar refractivity (Wildman–Crippen MR) is 266 cm³/mol. The van der Waals surface area contributed by atoms with Crippen LogP contribution >= 0.6 is 0 Å². The summed E-state index contributed by atoms with van der Waals surface area (Å²) in [5.41, 5.74) is 15.1. The molecule has 1 aliphatic rings. The average Bonchev–Trinajstić information content (AvgIpc) is 4.02.